The first-order valence-electron chi connectivity index (χ1n) is 6.89. The van der Waals surface area contributed by atoms with E-state index in [4.69, 9.17) is 21.8 Å². The van der Waals surface area contributed by atoms with Crippen molar-refractivity contribution >= 4 is 15.4 Å². The molecular weight excluding hydrogens is 278 g/mol. The highest BCUT2D eigenvalue weighted by molar-refractivity contribution is 7.56. The van der Waals surface area contributed by atoms with Crippen LogP contribution in [0.3, 0.4) is 0 Å². The Morgan fingerprint density at radius 2 is 1.85 bits per heavy atom. The van der Waals surface area contributed by atoms with Crippen molar-refractivity contribution in [3.05, 3.63) is 11.9 Å². The molecule has 0 saturated heterocycles. The van der Waals surface area contributed by atoms with Crippen LogP contribution in [0.25, 0.3) is 0 Å². The highest BCUT2D eigenvalue weighted by atomic mass is 31.2. The van der Waals surface area contributed by atoms with Crippen molar-refractivity contribution in [2.24, 2.45) is 0 Å². The minimum atomic E-state index is -3.76. The lowest BCUT2D eigenvalue weighted by atomic mass is 9.97. The fourth-order valence-electron chi connectivity index (χ4n) is 1.29. The highest BCUT2D eigenvalue weighted by Gasteiger charge is 2.18. The van der Waals surface area contributed by atoms with Gasteiger partial charge in [0.25, 0.3) is 0 Å². The molecule has 1 N–H and O–H groups in total. The van der Waals surface area contributed by atoms with E-state index in [2.05, 4.69) is 0 Å². The molecule has 3 atom stereocenters. The predicted octanol–water partition coefficient (Wildman–Crippen LogP) is 2.83. The van der Waals surface area contributed by atoms with Crippen LogP contribution in [-0.4, -0.2) is 43.7 Å². The van der Waals surface area contributed by atoms with Crippen molar-refractivity contribution < 1.29 is 23.5 Å². The lowest BCUT2D eigenvalue weighted by Crippen LogP contribution is -2.26. The maximum Gasteiger partial charge on any atom is 0.351 e. The molecule has 7 heteroatoms. The molecule has 5 nitrogen and oxygen atoms in total. The smallest absolute Gasteiger partial charge is 0.351 e. The Kier molecular flexibility index (Phi) is 9.69. The van der Waals surface area contributed by atoms with E-state index < -0.39 is 19.7 Å². The molecule has 0 bridgehead atoms. The van der Waals surface area contributed by atoms with Gasteiger partial charge in [0.05, 0.1) is 24.9 Å². The predicted molar refractivity (Wildman–Crippen MR) is 81.0 cm³/mol. The topological polar surface area (TPSA) is 65.0 Å². The Morgan fingerprint density at radius 1 is 1.25 bits per heavy atom. The fourth-order valence-corrected chi connectivity index (χ4v) is 2.37. The van der Waals surface area contributed by atoms with Crippen LogP contribution in [0.4, 0.5) is 0 Å². The van der Waals surface area contributed by atoms with Gasteiger partial charge in [-0.2, -0.15) is 0 Å². The summed E-state index contributed by atoms with van der Waals surface area (Å²) in [5, 5.41) is 0. The van der Waals surface area contributed by atoms with Gasteiger partial charge in [0.1, 0.15) is 7.85 Å². The van der Waals surface area contributed by atoms with Gasteiger partial charge in [-0.15, -0.1) is 0 Å². The summed E-state index contributed by atoms with van der Waals surface area (Å²) < 4.78 is 27.7. The summed E-state index contributed by atoms with van der Waals surface area (Å²) in [6.07, 6.45) is 1.34. The lowest BCUT2D eigenvalue weighted by Gasteiger charge is -2.21. The molecular formula is C13H26BO5P. The van der Waals surface area contributed by atoms with Crippen molar-refractivity contribution in [2.45, 2.75) is 65.4 Å². The molecule has 20 heavy (non-hydrogen) atoms. The van der Waals surface area contributed by atoms with Gasteiger partial charge in [0, 0.05) is 11.8 Å². The Labute approximate surface area is 123 Å². The van der Waals surface area contributed by atoms with Crippen molar-refractivity contribution in [3.63, 3.8) is 0 Å². The molecule has 0 aromatic rings. The summed E-state index contributed by atoms with van der Waals surface area (Å²) in [7, 11) is 1.97. The van der Waals surface area contributed by atoms with E-state index in [0.717, 1.165) is 5.82 Å². The molecule has 0 aromatic carbocycles. The molecule has 116 valence electrons. The van der Waals surface area contributed by atoms with Gasteiger partial charge in [-0.3, -0.25) is 4.57 Å². The minimum absolute atomic E-state index is 0.0418. The number of rotatable bonds is 10. The van der Waals surface area contributed by atoms with E-state index in [1.807, 2.05) is 20.8 Å². The first kappa shape index (κ1) is 19.9. The van der Waals surface area contributed by atoms with Crippen LogP contribution < -0.4 is 0 Å². The van der Waals surface area contributed by atoms with E-state index in [1.165, 1.54) is 6.08 Å². The van der Waals surface area contributed by atoms with E-state index in [-0.39, 0.29) is 18.8 Å². The Bertz CT molecular complexity index is 333. The van der Waals surface area contributed by atoms with Crippen LogP contribution in [0.5, 0.6) is 0 Å². The van der Waals surface area contributed by atoms with Crippen LogP contribution in [0.15, 0.2) is 11.9 Å². The third kappa shape index (κ3) is 10.6. The molecule has 0 rings (SSSR count). The van der Waals surface area contributed by atoms with Gasteiger partial charge in [-0.25, -0.2) is 0 Å². The van der Waals surface area contributed by atoms with Crippen LogP contribution in [0, 0.1) is 0 Å². The number of hydrogen-bond acceptors (Lipinski definition) is 4. The quantitative estimate of drug-likeness (QED) is 0.496. The highest BCUT2D eigenvalue weighted by Crippen LogP contribution is 2.44. The van der Waals surface area contributed by atoms with Crippen LogP contribution in [0.2, 0.25) is 0 Å². The number of ether oxygens (including phenoxy) is 2. The lowest BCUT2D eigenvalue weighted by molar-refractivity contribution is -0.0251. The van der Waals surface area contributed by atoms with E-state index in [0.29, 0.717) is 6.42 Å². The minimum Gasteiger partial charge on any atom is -0.378 e. The molecule has 0 amide bonds. The molecule has 0 spiro atoms. The zero-order valence-corrected chi connectivity index (χ0v) is 13.9. The molecule has 0 saturated carbocycles. The zero-order chi connectivity index (χ0) is 15.8. The van der Waals surface area contributed by atoms with Gasteiger partial charge < -0.3 is 18.9 Å². The van der Waals surface area contributed by atoms with Crippen molar-refractivity contribution in [2.75, 3.05) is 6.61 Å². The van der Waals surface area contributed by atoms with Gasteiger partial charge >= 0.3 is 7.60 Å². The molecule has 0 aliphatic heterocycles. The monoisotopic (exact) mass is 304 g/mol. The fraction of sp³-hybridized carbons (Fsp3) is 0.846. The maximum absolute atomic E-state index is 11.7. The van der Waals surface area contributed by atoms with Gasteiger partial charge in [0.15, 0.2) is 0 Å². The first-order chi connectivity index (χ1) is 9.16. The molecule has 0 aliphatic carbocycles. The molecule has 0 fully saturated rings. The summed E-state index contributed by atoms with van der Waals surface area (Å²) in [4.78, 5) is 9.62. The van der Waals surface area contributed by atoms with E-state index in [1.54, 1.807) is 13.8 Å². The van der Waals surface area contributed by atoms with Gasteiger partial charge in [-0.1, -0.05) is 6.92 Å². The van der Waals surface area contributed by atoms with Crippen molar-refractivity contribution in [1.29, 1.82) is 0 Å². The van der Waals surface area contributed by atoms with E-state index in [9.17, 15) is 9.46 Å². The number of hydrogen-bond donors (Lipinski definition) is 1. The van der Waals surface area contributed by atoms with Crippen molar-refractivity contribution in [1.82, 2.24) is 0 Å². The van der Waals surface area contributed by atoms with Crippen LogP contribution in [-0.2, 0) is 18.6 Å². The molecule has 2 radical (unpaired) electrons. The molecule has 1 unspecified atom stereocenters. The summed E-state index contributed by atoms with van der Waals surface area (Å²) >= 11 is 0. The third-order valence-electron chi connectivity index (χ3n) is 2.20. The second-order valence-electron chi connectivity index (χ2n) is 5.06. The second-order valence-corrected chi connectivity index (χ2v) is 6.70. The van der Waals surface area contributed by atoms with E-state index >= 15 is 0 Å². The van der Waals surface area contributed by atoms with Crippen molar-refractivity contribution in [3.8, 4) is 0 Å². The third-order valence-corrected chi connectivity index (χ3v) is 3.47. The molecule has 0 aliphatic rings. The van der Waals surface area contributed by atoms with Crippen LogP contribution in [0.1, 0.15) is 41.0 Å². The Hall–Kier alpha value is -0.125. The second kappa shape index (κ2) is 9.75. The van der Waals surface area contributed by atoms with Gasteiger partial charge in [-0.05, 0) is 40.2 Å². The summed E-state index contributed by atoms with van der Waals surface area (Å²) in [5.41, 5.74) is 0. The molecule has 0 aromatic heterocycles. The zero-order valence-electron chi connectivity index (χ0n) is 13.0. The average Bonchev–Trinajstić information content (AvgIpc) is 2.30. The SMILES string of the molecule is [B][C@@H](CC)O[C@H](/C=C/P(=O)(O)OC(C)C)COC(C)C. The normalized spacial score (nSPS) is 18.6. The Balaban J connectivity index is 4.64. The first-order valence-corrected chi connectivity index (χ1v) is 8.53. The average molecular weight is 304 g/mol. The molecule has 0 heterocycles. The Morgan fingerprint density at radius 3 is 2.30 bits per heavy atom. The maximum atomic E-state index is 11.7. The van der Waals surface area contributed by atoms with Crippen LogP contribution >= 0.6 is 7.60 Å². The summed E-state index contributed by atoms with van der Waals surface area (Å²) in [6.45, 7) is 9.36. The summed E-state index contributed by atoms with van der Waals surface area (Å²) in [6, 6.07) is -0.440. The van der Waals surface area contributed by atoms with Gasteiger partial charge in [0.2, 0.25) is 0 Å². The largest absolute Gasteiger partial charge is 0.378 e. The standard InChI is InChI=1S/C13H26BO5P/c1-6-13(14)18-12(9-17-10(2)3)7-8-20(15,16)19-11(4)5/h7-8,10-13H,6,9H2,1-5H3,(H,15,16)/b8-7+/t12-,13-/m1/s1. The summed E-state index contributed by atoms with van der Waals surface area (Å²) in [5.74, 6) is 1.13.